The summed E-state index contributed by atoms with van der Waals surface area (Å²) >= 11 is 0. The van der Waals surface area contributed by atoms with Gasteiger partial charge in [0.15, 0.2) is 0 Å². The number of ether oxygens (including phenoxy) is 1. The van der Waals surface area contributed by atoms with Gasteiger partial charge in [0.1, 0.15) is 5.75 Å². The summed E-state index contributed by atoms with van der Waals surface area (Å²) < 4.78 is 5.12. The van der Waals surface area contributed by atoms with E-state index < -0.39 is 0 Å². The maximum absolute atomic E-state index is 9.23. The van der Waals surface area contributed by atoms with Crippen LogP contribution < -0.4 is 10.1 Å². The molecule has 1 aromatic carbocycles. The van der Waals surface area contributed by atoms with E-state index >= 15 is 0 Å². The zero-order chi connectivity index (χ0) is 10.7. The Morgan fingerprint density at radius 3 is 2.67 bits per heavy atom. The average Bonchev–Trinajstić information content (AvgIpc) is 2.77. The van der Waals surface area contributed by atoms with Crippen LogP contribution in [0, 0.1) is 5.92 Å². The van der Waals surface area contributed by atoms with Crippen molar-refractivity contribution in [3.63, 3.8) is 0 Å². The van der Waals surface area contributed by atoms with Crippen LogP contribution in [0.1, 0.15) is 11.5 Å². The Kier molecular flexibility index (Phi) is 3.23. The van der Waals surface area contributed by atoms with E-state index in [0.717, 1.165) is 18.8 Å². The lowest BCUT2D eigenvalue weighted by Crippen LogP contribution is -2.14. The quantitative estimate of drug-likeness (QED) is 0.776. The summed E-state index contributed by atoms with van der Waals surface area (Å²) in [5.41, 5.74) is 1.28. The molecule has 82 valence electrons. The molecule has 3 nitrogen and oxygen atoms in total. The summed E-state index contributed by atoms with van der Waals surface area (Å²) in [6.07, 6.45) is 0. The van der Waals surface area contributed by atoms with E-state index in [1.807, 2.05) is 12.1 Å². The van der Waals surface area contributed by atoms with Crippen LogP contribution in [0.5, 0.6) is 5.75 Å². The summed E-state index contributed by atoms with van der Waals surface area (Å²) in [6, 6.07) is 8.11. The van der Waals surface area contributed by atoms with Gasteiger partial charge in [-0.25, -0.2) is 0 Å². The summed E-state index contributed by atoms with van der Waals surface area (Å²) in [5.74, 6) is 1.66. The topological polar surface area (TPSA) is 41.5 Å². The van der Waals surface area contributed by atoms with Crippen molar-refractivity contribution in [1.29, 1.82) is 0 Å². The van der Waals surface area contributed by atoms with Gasteiger partial charge in [-0.3, -0.25) is 0 Å². The number of aliphatic hydroxyl groups excluding tert-OH is 1. The number of methoxy groups -OCH3 is 1. The number of nitrogens with one attached hydrogen (secondary N) is 1. The van der Waals surface area contributed by atoms with Gasteiger partial charge in [-0.2, -0.15) is 0 Å². The molecule has 0 bridgehead atoms. The van der Waals surface area contributed by atoms with Gasteiger partial charge in [0.25, 0.3) is 0 Å². The van der Waals surface area contributed by atoms with Crippen LogP contribution in [-0.2, 0) is 0 Å². The van der Waals surface area contributed by atoms with Crippen LogP contribution >= 0.6 is 0 Å². The van der Waals surface area contributed by atoms with Crippen molar-refractivity contribution in [3.8, 4) is 5.75 Å². The lowest BCUT2D eigenvalue weighted by Gasteiger charge is -2.16. The van der Waals surface area contributed by atoms with Crippen molar-refractivity contribution in [2.45, 2.75) is 5.92 Å². The Balaban J connectivity index is 2.14. The van der Waals surface area contributed by atoms with E-state index in [0.29, 0.717) is 11.8 Å². The number of hydrogen-bond donors (Lipinski definition) is 2. The molecule has 1 saturated heterocycles. The molecule has 1 aliphatic heterocycles. The summed E-state index contributed by atoms with van der Waals surface area (Å²) in [7, 11) is 1.67. The smallest absolute Gasteiger partial charge is 0.118 e. The minimum Gasteiger partial charge on any atom is -0.497 e. The zero-order valence-electron chi connectivity index (χ0n) is 8.94. The lowest BCUT2D eigenvalue weighted by atomic mass is 9.89. The van der Waals surface area contributed by atoms with E-state index in [4.69, 9.17) is 4.74 Å². The van der Waals surface area contributed by atoms with Gasteiger partial charge < -0.3 is 15.2 Å². The molecule has 1 heterocycles. The summed E-state index contributed by atoms with van der Waals surface area (Å²) in [5, 5.41) is 12.5. The highest BCUT2D eigenvalue weighted by Crippen LogP contribution is 2.28. The van der Waals surface area contributed by atoms with Crippen LogP contribution in [0.2, 0.25) is 0 Å². The van der Waals surface area contributed by atoms with E-state index in [2.05, 4.69) is 17.4 Å². The third-order valence-electron chi connectivity index (χ3n) is 3.12. The van der Waals surface area contributed by atoms with Crippen molar-refractivity contribution in [2.75, 3.05) is 26.8 Å². The third kappa shape index (κ3) is 2.13. The van der Waals surface area contributed by atoms with Gasteiger partial charge in [0, 0.05) is 31.5 Å². The van der Waals surface area contributed by atoms with Crippen LogP contribution in [0.25, 0.3) is 0 Å². The SMILES string of the molecule is COc1ccc([C@H]2CNC[C@@H]2CO)cc1. The average molecular weight is 207 g/mol. The molecule has 1 aromatic rings. The largest absolute Gasteiger partial charge is 0.497 e. The molecule has 2 rings (SSSR count). The van der Waals surface area contributed by atoms with Crippen LogP contribution in [-0.4, -0.2) is 31.9 Å². The molecule has 0 spiro atoms. The maximum atomic E-state index is 9.23. The van der Waals surface area contributed by atoms with Gasteiger partial charge in [0.2, 0.25) is 0 Å². The van der Waals surface area contributed by atoms with Gasteiger partial charge in [0.05, 0.1) is 7.11 Å². The fraction of sp³-hybridized carbons (Fsp3) is 0.500. The lowest BCUT2D eigenvalue weighted by molar-refractivity contribution is 0.226. The third-order valence-corrected chi connectivity index (χ3v) is 3.12. The van der Waals surface area contributed by atoms with Gasteiger partial charge in [-0.05, 0) is 17.7 Å². The summed E-state index contributed by atoms with van der Waals surface area (Å²) in [4.78, 5) is 0. The molecule has 0 radical (unpaired) electrons. The second-order valence-corrected chi connectivity index (χ2v) is 3.98. The predicted octanol–water partition coefficient (Wildman–Crippen LogP) is 0.990. The first-order chi connectivity index (χ1) is 7.35. The molecule has 2 atom stereocenters. The highest BCUT2D eigenvalue weighted by Gasteiger charge is 2.27. The fourth-order valence-corrected chi connectivity index (χ4v) is 2.17. The molecular formula is C12H17NO2. The van der Waals surface area contributed by atoms with Crippen LogP contribution in [0.3, 0.4) is 0 Å². The van der Waals surface area contributed by atoms with Crippen molar-refractivity contribution in [3.05, 3.63) is 29.8 Å². The molecule has 0 amide bonds. The molecular weight excluding hydrogens is 190 g/mol. The Morgan fingerprint density at radius 2 is 2.07 bits per heavy atom. The summed E-state index contributed by atoms with van der Waals surface area (Å²) in [6.45, 7) is 2.12. The molecule has 1 fully saturated rings. The van der Waals surface area contributed by atoms with Gasteiger partial charge in [-0.1, -0.05) is 12.1 Å². The van der Waals surface area contributed by atoms with Gasteiger partial charge >= 0.3 is 0 Å². The van der Waals surface area contributed by atoms with Crippen molar-refractivity contribution in [1.82, 2.24) is 5.32 Å². The number of aliphatic hydroxyl groups is 1. The Hall–Kier alpha value is -1.06. The highest BCUT2D eigenvalue weighted by molar-refractivity contribution is 5.30. The normalized spacial score (nSPS) is 25.5. The van der Waals surface area contributed by atoms with E-state index in [-0.39, 0.29) is 6.61 Å². The van der Waals surface area contributed by atoms with Crippen LogP contribution in [0.4, 0.5) is 0 Å². The van der Waals surface area contributed by atoms with Crippen molar-refractivity contribution >= 4 is 0 Å². The zero-order valence-corrected chi connectivity index (χ0v) is 8.94. The molecule has 3 heteroatoms. The maximum Gasteiger partial charge on any atom is 0.118 e. The first kappa shape index (κ1) is 10.5. The number of benzene rings is 1. The van der Waals surface area contributed by atoms with E-state index in [1.54, 1.807) is 7.11 Å². The van der Waals surface area contributed by atoms with Crippen LogP contribution in [0.15, 0.2) is 24.3 Å². The Morgan fingerprint density at radius 1 is 1.33 bits per heavy atom. The predicted molar refractivity (Wildman–Crippen MR) is 59.2 cm³/mol. The minimum atomic E-state index is 0.254. The van der Waals surface area contributed by atoms with Crippen molar-refractivity contribution < 1.29 is 9.84 Å². The molecule has 0 aromatic heterocycles. The van der Waals surface area contributed by atoms with E-state index in [1.165, 1.54) is 5.56 Å². The first-order valence-electron chi connectivity index (χ1n) is 5.30. The molecule has 1 aliphatic rings. The van der Waals surface area contributed by atoms with Crippen molar-refractivity contribution in [2.24, 2.45) is 5.92 Å². The monoisotopic (exact) mass is 207 g/mol. The minimum absolute atomic E-state index is 0.254. The fourth-order valence-electron chi connectivity index (χ4n) is 2.17. The Bertz CT molecular complexity index is 310. The first-order valence-corrected chi connectivity index (χ1v) is 5.30. The standard InChI is InChI=1S/C12H17NO2/c1-15-11-4-2-9(3-5-11)12-7-13-6-10(12)8-14/h2-5,10,12-14H,6-8H2,1H3/t10-,12-/m1/s1. The molecule has 0 aliphatic carbocycles. The second-order valence-electron chi connectivity index (χ2n) is 3.98. The number of rotatable bonds is 3. The van der Waals surface area contributed by atoms with Gasteiger partial charge in [-0.15, -0.1) is 0 Å². The molecule has 0 unspecified atom stereocenters. The Labute approximate surface area is 90.1 Å². The molecule has 0 saturated carbocycles. The second kappa shape index (κ2) is 4.64. The van der Waals surface area contributed by atoms with E-state index in [9.17, 15) is 5.11 Å². The molecule has 15 heavy (non-hydrogen) atoms. The highest BCUT2D eigenvalue weighted by atomic mass is 16.5. The molecule has 2 N–H and O–H groups in total. The number of hydrogen-bond acceptors (Lipinski definition) is 3.